The van der Waals surface area contributed by atoms with E-state index < -0.39 is 0 Å². The van der Waals surface area contributed by atoms with Gasteiger partial charge in [0.15, 0.2) is 0 Å². The third-order valence-corrected chi connectivity index (χ3v) is 2.91. The van der Waals surface area contributed by atoms with Crippen molar-refractivity contribution >= 4 is 0 Å². The van der Waals surface area contributed by atoms with Gasteiger partial charge in [0, 0.05) is 30.9 Å². The zero-order valence-corrected chi connectivity index (χ0v) is 8.77. The number of nitrogens with one attached hydrogen (secondary N) is 1. The number of nitrogens with two attached hydrogens (primary N) is 1. The highest BCUT2D eigenvalue weighted by molar-refractivity contribution is 5.14. The fourth-order valence-corrected chi connectivity index (χ4v) is 2.07. The van der Waals surface area contributed by atoms with E-state index in [1.165, 1.54) is 5.56 Å². The maximum absolute atomic E-state index is 6.08. The predicted octanol–water partition coefficient (Wildman–Crippen LogP) is 0.560. The molecule has 0 radical (unpaired) electrons. The molecule has 0 spiro atoms. The van der Waals surface area contributed by atoms with Gasteiger partial charge >= 0.3 is 0 Å². The average molecular weight is 194 g/mol. The second-order valence-corrected chi connectivity index (χ2v) is 4.23. The minimum absolute atomic E-state index is 0.218. The third kappa shape index (κ3) is 1.81. The van der Waals surface area contributed by atoms with Gasteiger partial charge in [-0.15, -0.1) is 0 Å². The lowest BCUT2D eigenvalue weighted by molar-refractivity contribution is 0.301. The van der Waals surface area contributed by atoms with E-state index in [1.54, 1.807) is 0 Å². The highest BCUT2D eigenvalue weighted by atomic mass is 15.2. The van der Waals surface area contributed by atoms with E-state index in [1.807, 2.05) is 24.1 Å². The van der Waals surface area contributed by atoms with Crippen LogP contribution in [-0.2, 0) is 7.05 Å². The Bertz CT molecular complexity index is 307. The Balaban J connectivity index is 2.15. The van der Waals surface area contributed by atoms with E-state index in [2.05, 4.69) is 17.3 Å². The molecule has 4 nitrogen and oxygen atoms in total. The van der Waals surface area contributed by atoms with Crippen LogP contribution in [0, 0.1) is 0 Å². The summed E-state index contributed by atoms with van der Waals surface area (Å²) in [7, 11) is 1.93. The summed E-state index contributed by atoms with van der Waals surface area (Å²) in [5.41, 5.74) is 7.28. The smallest absolute Gasteiger partial charge is 0.0538 e. The summed E-state index contributed by atoms with van der Waals surface area (Å²) in [6.45, 7) is 2.20. The predicted molar refractivity (Wildman–Crippen MR) is 55.8 cm³/mol. The van der Waals surface area contributed by atoms with Gasteiger partial charge in [0.2, 0.25) is 0 Å². The number of nitrogens with zero attached hydrogens (tertiary/aromatic N) is 2. The lowest BCUT2D eigenvalue weighted by Crippen LogP contribution is -2.46. The summed E-state index contributed by atoms with van der Waals surface area (Å²) in [6, 6.07) is 1.04. The second-order valence-electron chi connectivity index (χ2n) is 4.23. The maximum Gasteiger partial charge on any atom is 0.0538 e. The minimum Gasteiger partial charge on any atom is -0.326 e. The Morgan fingerprint density at radius 1 is 1.57 bits per heavy atom. The van der Waals surface area contributed by atoms with Crippen LogP contribution in [0.1, 0.15) is 31.4 Å². The molecule has 3 N–H and O–H groups in total. The number of hydrogen-bond donors (Lipinski definition) is 2. The molecule has 3 unspecified atom stereocenters. The monoisotopic (exact) mass is 194 g/mol. The van der Waals surface area contributed by atoms with Crippen molar-refractivity contribution in [1.29, 1.82) is 0 Å². The van der Waals surface area contributed by atoms with Crippen molar-refractivity contribution in [2.45, 2.75) is 37.9 Å². The van der Waals surface area contributed by atoms with E-state index in [9.17, 15) is 0 Å². The fraction of sp³-hybridized carbons (Fsp3) is 0.700. The lowest BCUT2D eigenvalue weighted by Gasteiger charge is -2.33. The van der Waals surface area contributed by atoms with Crippen LogP contribution in [0.5, 0.6) is 0 Å². The summed E-state index contributed by atoms with van der Waals surface area (Å²) in [6.07, 6.45) is 6.19. The molecule has 1 fully saturated rings. The van der Waals surface area contributed by atoms with E-state index in [0.717, 1.165) is 12.8 Å². The van der Waals surface area contributed by atoms with Crippen LogP contribution < -0.4 is 11.1 Å². The molecule has 1 aromatic rings. The second kappa shape index (κ2) is 3.71. The molecule has 1 aliphatic rings. The van der Waals surface area contributed by atoms with Gasteiger partial charge in [-0.1, -0.05) is 0 Å². The summed E-state index contributed by atoms with van der Waals surface area (Å²) < 4.78 is 1.82. The van der Waals surface area contributed by atoms with Crippen molar-refractivity contribution in [3.8, 4) is 0 Å². The zero-order chi connectivity index (χ0) is 10.1. The topological polar surface area (TPSA) is 55.9 Å². The maximum atomic E-state index is 6.08. The Labute approximate surface area is 84.5 Å². The van der Waals surface area contributed by atoms with Gasteiger partial charge < -0.3 is 11.1 Å². The molecule has 2 heterocycles. The van der Waals surface area contributed by atoms with Gasteiger partial charge in [0.05, 0.1) is 12.2 Å². The first-order chi connectivity index (χ1) is 6.66. The summed E-state index contributed by atoms with van der Waals surface area (Å²) in [5.74, 6) is 0. The molecule has 4 heteroatoms. The van der Waals surface area contributed by atoms with E-state index in [4.69, 9.17) is 5.73 Å². The molecular formula is C10H18N4. The lowest BCUT2D eigenvalue weighted by atomic mass is 9.91. The molecule has 0 aromatic carbocycles. The first-order valence-electron chi connectivity index (χ1n) is 5.17. The van der Waals surface area contributed by atoms with E-state index in [-0.39, 0.29) is 12.1 Å². The Kier molecular flexibility index (Phi) is 2.56. The molecule has 78 valence electrons. The van der Waals surface area contributed by atoms with E-state index >= 15 is 0 Å². The standard InChI is InChI=1S/C10H18N4/c1-7-3-4-9(11)10(13-7)8-5-12-14(2)6-8/h5-7,9-10,13H,3-4,11H2,1-2H3. The Morgan fingerprint density at radius 2 is 2.36 bits per heavy atom. The molecule has 0 saturated carbocycles. The van der Waals surface area contributed by atoms with Gasteiger partial charge in [-0.05, 0) is 19.8 Å². The van der Waals surface area contributed by atoms with Crippen LogP contribution in [0.3, 0.4) is 0 Å². The van der Waals surface area contributed by atoms with Gasteiger partial charge in [0.1, 0.15) is 0 Å². The summed E-state index contributed by atoms with van der Waals surface area (Å²) in [4.78, 5) is 0. The van der Waals surface area contributed by atoms with Gasteiger partial charge in [-0.25, -0.2) is 0 Å². The Morgan fingerprint density at radius 3 is 3.00 bits per heavy atom. The average Bonchev–Trinajstić information content (AvgIpc) is 2.56. The number of rotatable bonds is 1. The largest absolute Gasteiger partial charge is 0.326 e. The molecule has 14 heavy (non-hydrogen) atoms. The number of aromatic nitrogens is 2. The summed E-state index contributed by atoms with van der Waals surface area (Å²) in [5, 5.41) is 7.69. The first kappa shape index (κ1) is 9.68. The highest BCUT2D eigenvalue weighted by Gasteiger charge is 2.27. The normalized spacial score (nSPS) is 33.2. The molecule has 0 amide bonds. The fourth-order valence-electron chi connectivity index (χ4n) is 2.07. The molecular weight excluding hydrogens is 176 g/mol. The van der Waals surface area contributed by atoms with Crippen LogP contribution in [0.4, 0.5) is 0 Å². The van der Waals surface area contributed by atoms with Crippen LogP contribution in [-0.4, -0.2) is 21.9 Å². The van der Waals surface area contributed by atoms with Crippen molar-refractivity contribution in [1.82, 2.24) is 15.1 Å². The van der Waals surface area contributed by atoms with Crippen LogP contribution in [0.2, 0.25) is 0 Å². The zero-order valence-electron chi connectivity index (χ0n) is 8.77. The van der Waals surface area contributed by atoms with Crippen LogP contribution in [0.15, 0.2) is 12.4 Å². The van der Waals surface area contributed by atoms with Crippen molar-refractivity contribution < 1.29 is 0 Å². The molecule has 1 aliphatic heterocycles. The summed E-state index contributed by atoms with van der Waals surface area (Å²) >= 11 is 0. The third-order valence-electron chi connectivity index (χ3n) is 2.91. The first-order valence-corrected chi connectivity index (χ1v) is 5.17. The molecule has 1 aromatic heterocycles. The van der Waals surface area contributed by atoms with Crippen LogP contribution >= 0.6 is 0 Å². The molecule has 1 saturated heterocycles. The SMILES string of the molecule is CC1CCC(N)C(c2cnn(C)c2)N1. The number of aryl methyl sites for hydroxylation is 1. The molecule has 0 aliphatic carbocycles. The van der Waals surface area contributed by atoms with Gasteiger partial charge in [-0.3, -0.25) is 4.68 Å². The van der Waals surface area contributed by atoms with Crippen molar-refractivity contribution in [2.24, 2.45) is 12.8 Å². The van der Waals surface area contributed by atoms with Gasteiger partial charge in [0.25, 0.3) is 0 Å². The number of hydrogen-bond acceptors (Lipinski definition) is 3. The van der Waals surface area contributed by atoms with Gasteiger partial charge in [-0.2, -0.15) is 5.10 Å². The molecule has 0 bridgehead atoms. The quantitative estimate of drug-likeness (QED) is 0.687. The van der Waals surface area contributed by atoms with Crippen LogP contribution in [0.25, 0.3) is 0 Å². The van der Waals surface area contributed by atoms with Crippen molar-refractivity contribution in [3.63, 3.8) is 0 Å². The minimum atomic E-state index is 0.218. The van der Waals surface area contributed by atoms with E-state index in [0.29, 0.717) is 6.04 Å². The van der Waals surface area contributed by atoms with Crippen molar-refractivity contribution in [2.75, 3.05) is 0 Å². The molecule has 2 rings (SSSR count). The highest BCUT2D eigenvalue weighted by Crippen LogP contribution is 2.23. The molecule has 3 atom stereocenters. The number of piperidine rings is 1. The Hall–Kier alpha value is -0.870. The van der Waals surface area contributed by atoms with Crippen molar-refractivity contribution in [3.05, 3.63) is 18.0 Å².